The normalized spacial score (nSPS) is 25.9. The molecule has 0 spiro atoms. The van der Waals surface area contributed by atoms with Crippen LogP contribution >= 0.6 is 0 Å². The summed E-state index contributed by atoms with van der Waals surface area (Å²) < 4.78 is 22.6. The van der Waals surface area contributed by atoms with Gasteiger partial charge in [-0.1, -0.05) is 0 Å². The number of aliphatic hydroxyl groups is 1. The van der Waals surface area contributed by atoms with Crippen molar-refractivity contribution in [3.8, 4) is 0 Å². The van der Waals surface area contributed by atoms with Crippen molar-refractivity contribution in [3.05, 3.63) is 30.1 Å². The number of aromatic nitrogens is 1. The van der Waals surface area contributed by atoms with E-state index in [2.05, 4.69) is 15.3 Å². The van der Waals surface area contributed by atoms with Gasteiger partial charge in [-0.05, 0) is 17.7 Å². The second-order valence-electron chi connectivity index (χ2n) is 4.52. The molecule has 2 atom stereocenters. The zero-order valence-electron chi connectivity index (χ0n) is 10.4. The van der Waals surface area contributed by atoms with Crippen LogP contribution in [0.15, 0.2) is 29.5 Å². The molecule has 0 bridgehead atoms. The lowest BCUT2D eigenvalue weighted by Crippen LogP contribution is -2.40. The van der Waals surface area contributed by atoms with Gasteiger partial charge >= 0.3 is 0 Å². The van der Waals surface area contributed by atoms with Gasteiger partial charge in [-0.3, -0.25) is 9.98 Å². The van der Waals surface area contributed by atoms with Crippen LogP contribution in [-0.4, -0.2) is 61.5 Å². The van der Waals surface area contributed by atoms with Crippen LogP contribution < -0.4 is 5.32 Å². The maximum atomic E-state index is 11.3. The Morgan fingerprint density at radius 3 is 2.79 bits per heavy atom. The van der Waals surface area contributed by atoms with Gasteiger partial charge in [0.1, 0.15) is 0 Å². The molecule has 1 fully saturated rings. The molecule has 0 saturated carbocycles. The molecule has 0 aliphatic carbocycles. The van der Waals surface area contributed by atoms with Gasteiger partial charge in [0.2, 0.25) is 0 Å². The molecule has 2 N–H and O–H groups in total. The SMILES string of the molecule is O=S1(=O)CC(O)C(NCCN=Cc2ccncc2)C1. The van der Waals surface area contributed by atoms with Crippen molar-refractivity contribution in [2.24, 2.45) is 4.99 Å². The predicted molar refractivity (Wildman–Crippen MR) is 73.1 cm³/mol. The Bertz CT molecular complexity index is 530. The zero-order chi connectivity index (χ0) is 13.7. The maximum absolute atomic E-state index is 11.3. The summed E-state index contributed by atoms with van der Waals surface area (Å²) in [7, 11) is -3.09. The zero-order valence-corrected chi connectivity index (χ0v) is 11.3. The average molecular weight is 283 g/mol. The monoisotopic (exact) mass is 283 g/mol. The van der Waals surface area contributed by atoms with Crippen LogP contribution in [0.3, 0.4) is 0 Å². The van der Waals surface area contributed by atoms with E-state index in [9.17, 15) is 13.5 Å². The number of aliphatic hydroxyl groups excluding tert-OH is 1. The third-order valence-corrected chi connectivity index (χ3v) is 4.63. The molecular formula is C12H17N3O3S. The molecule has 1 aromatic rings. The van der Waals surface area contributed by atoms with Crippen LogP contribution in [0.1, 0.15) is 5.56 Å². The van der Waals surface area contributed by atoms with Crippen molar-refractivity contribution >= 4 is 16.1 Å². The van der Waals surface area contributed by atoms with Crippen LogP contribution in [0, 0.1) is 0 Å². The van der Waals surface area contributed by atoms with Gasteiger partial charge in [0.05, 0.1) is 24.2 Å². The Kier molecular flexibility index (Phi) is 4.62. The molecule has 2 heterocycles. The van der Waals surface area contributed by atoms with Gasteiger partial charge in [-0.15, -0.1) is 0 Å². The standard InChI is InChI=1S/C12H17N3O3S/c16-12-9-19(17,18)8-11(12)15-6-5-14-7-10-1-3-13-4-2-10/h1-4,7,11-12,15-16H,5-6,8-9H2. The number of pyridine rings is 1. The molecule has 1 saturated heterocycles. The first-order chi connectivity index (χ1) is 9.07. The first-order valence-corrected chi connectivity index (χ1v) is 7.91. The summed E-state index contributed by atoms with van der Waals surface area (Å²) in [5.41, 5.74) is 0.971. The first kappa shape index (κ1) is 14.1. The molecule has 0 amide bonds. The summed E-state index contributed by atoms with van der Waals surface area (Å²) in [6.45, 7) is 1.07. The van der Waals surface area contributed by atoms with Gasteiger partial charge in [0.25, 0.3) is 0 Å². The van der Waals surface area contributed by atoms with Crippen molar-refractivity contribution in [2.45, 2.75) is 12.1 Å². The van der Waals surface area contributed by atoms with Crippen molar-refractivity contribution in [3.63, 3.8) is 0 Å². The van der Waals surface area contributed by atoms with Gasteiger partial charge < -0.3 is 10.4 Å². The summed E-state index contributed by atoms with van der Waals surface area (Å²) in [5.74, 6) is -0.146. The highest BCUT2D eigenvalue weighted by atomic mass is 32.2. The molecule has 1 aromatic heterocycles. The van der Waals surface area contributed by atoms with Crippen LogP contribution in [0.25, 0.3) is 0 Å². The molecule has 2 unspecified atom stereocenters. The predicted octanol–water partition coefficient (Wildman–Crippen LogP) is -0.752. The molecule has 6 nitrogen and oxygen atoms in total. The van der Waals surface area contributed by atoms with Gasteiger partial charge in [-0.2, -0.15) is 0 Å². The van der Waals surface area contributed by atoms with E-state index in [0.29, 0.717) is 13.1 Å². The average Bonchev–Trinajstić information content (AvgIpc) is 2.63. The number of nitrogens with one attached hydrogen (secondary N) is 1. The maximum Gasteiger partial charge on any atom is 0.154 e. The number of rotatable bonds is 5. The fraction of sp³-hybridized carbons (Fsp3) is 0.500. The first-order valence-electron chi connectivity index (χ1n) is 6.08. The van der Waals surface area contributed by atoms with Crippen LogP contribution in [0.2, 0.25) is 0 Å². The number of hydrogen-bond donors (Lipinski definition) is 2. The molecule has 0 radical (unpaired) electrons. The van der Waals surface area contributed by atoms with E-state index in [1.165, 1.54) is 0 Å². The molecule has 1 aliphatic rings. The minimum atomic E-state index is -3.09. The Labute approximate surface area is 112 Å². The van der Waals surface area contributed by atoms with Crippen LogP contribution in [0.4, 0.5) is 0 Å². The molecule has 1 aliphatic heterocycles. The van der Waals surface area contributed by atoms with Crippen molar-refractivity contribution in [2.75, 3.05) is 24.6 Å². The minimum absolute atomic E-state index is 0.00222. The van der Waals surface area contributed by atoms with E-state index in [-0.39, 0.29) is 17.5 Å². The number of hydrogen-bond acceptors (Lipinski definition) is 6. The second kappa shape index (κ2) is 6.23. The smallest absolute Gasteiger partial charge is 0.154 e. The van der Waals surface area contributed by atoms with Crippen molar-refractivity contribution < 1.29 is 13.5 Å². The van der Waals surface area contributed by atoms with Gasteiger partial charge in [0.15, 0.2) is 9.84 Å². The number of aliphatic imine (C=N–C) groups is 1. The summed E-state index contributed by atoms with van der Waals surface area (Å²) in [4.78, 5) is 8.12. The molecule has 104 valence electrons. The summed E-state index contributed by atoms with van der Waals surface area (Å²) in [5, 5.41) is 12.6. The van der Waals surface area contributed by atoms with Crippen LogP contribution in [0.5, 0.6) is 0 Å². The quantitative estimate of drug-likeness (QED) is 0.548. The van der Waals surface area contributed by atoms with E-state index in [0.717, 1.165) is 5.56 Å². The highest BCUT2D eigenvalue weighted by molar-refractivity contribution is 7.91. The van der Waals surface area contributed by atoms with E-state index < -0.39 is 15.9 Å². The highest BCUT2D eigenvalue weighted by Gasteiger charge is 2.35. The highest BCUT2D eigenvalue weighted by Crippen LogP contribution is 2.11. The van der Waals surface area contributed by atoms with Gasteiger partial charge in [-0.25, -0.2) is 8.42 Å². The van der Waals surface area contributed by atoms with Crippen LogP contribution in [-0.2, 0) is 9.84 Å². The fourth-order valence-corrected chi connectivity index (χ4v) is 3.73. The topological polar surface area (TPSA) is 91.7 Å². The lowest BCUT2D eigenvalue weighted by Gasteiger charge is -2.13. The Morgan fingerprint density at radius 2 is 2.16 bits per heavy atom. The lowest BCUT2D eigenvalue weighted by molar-refractivity contribution is 0.167. The lowest BCUT2D eigenvalue weighted by atomic mass is 10.2. The Balaban J connectivity index is 1.72. The number of sulfone groups is 1. The summed E-state index contributed by atoms with van der Waals surface area (Å²) in [6.07, 6.45) is 4.32. The molecule has 0 aromatic carbocycles. The Hall–Kier alpha value is -1.31. The number of nitrogens with zero attached hydrogens (tertiary/aromatic N) is 2. The second-order valence-corrected chi connectivity index (χ2v) is 6.67. The fourth-order valence-electron chi connectivity index (χ4n) is 1.96. The largest absolute Gasteiger partial charge is 0.390 e. The third kappa shape index (κ3) is 4.38. The summed E-state index contributed by atoms with van der Waals surface area (Å²) in [6, 6.07) is 3.33. The molecule has 7 heteroatoms. The Morgan fingerprint density at radius 1 is 1.42 bits per heavy atom. The minimum Gasteiger partial charge on any atom is -0.390 e. The van der Waals surface area contributed by atoms with E-state index in [1.54, 1.807) is 18.6 Å². The van der Waals surface area contributed by atoms with Crippen molar-refractivity contribution in [1.29, 1.82) is 0 Å². The summed E-state index contributed by atoms with van der Waals surface area (Å²) >= 11 is 0. The van der Waals surface area contributed by atoms with E-state index in [1.807, 2.05) is 12.1 Å². The van der Waals surface area contributed by atoms with E-state index in [4.69, 9.17) is 0 Å². The molecule has 19 heavy (non-hydrogen) atoms. The van der Waals surface area contributed by atoms with Gasteiger partial charge in [0, 0.05) is 31.2 Å². The molecule has 2 rings (SSSR count). The third-order valence-electron chi connectivity index (χ3n) is 2.92. The van der Waals surface area contributed by atoms with E-state index >= 15 is 0 Å². The molecular weight excluding hydrogens is 266 g/mol. The van der Waals surface area contributed by atoms with Crippen molar-refractivity contribution in [1.82, 2.24) is 10.3 Å².